The van der Waals surface area contributed by atoms with E-state index in [0.29, 0.717) is 31.2 Å². The molecule has 3 aliphatic heterocycles. The van der Waals surface area contributed by atoms with Crippen LogP contribution in [0.2, 0.25) is 0 Å². The Morgan fingerprint density at radius 1 is 1.04 bits per heavy atom. The van der Waals surface area contributed by atoms with E-state index in [2.05, 4.69) is 51.4 Å². The summed E-state index contributed by atoms with van der Waals surface area (Å²) in [6, 6.07) is 17.0. The number of rotatable bonds is 10. The lowest BCUT2D eigenvalue weighted by atomic mass is 9.70. The van der Waals surface area contributed by atoms with E-state index in [1.165, 1.54) is 24.4 Å². The number of benzene rings is 2. The van der Waals surface area contributed by atoms with Crippen molar-refractivity contribution in [2.24, 2.45) is 5.41 Å². The van der Waals surface area contributed by atoms with Crippen molar-refractivity contribution in [1.82, 2.24) is 24.1 Å². The van der Waals surface area contributed by atoms with Gasteiger partial charge in [0.25, 0.3) is 0 Å². The first kappa shape index (κ1) is 33.1. The van der Waals surface area contributed by atoms with E-state index < -0.39 is 20.7 Å². The molecule has 46 heavy (non-hydrogen) atoms. The lowest BCUT2D eigenvalue weighted by Crippen LogP contribution is -2.53. The molecule has 0 saturated carbocycles. The second-order valence-electron chi connectivity index (χ2n) is 14.9. The summed E-state index contributed by atoms with van der Waals surface area (Å²) in [5, 5.41) is -0.559. The van der Waals surface area contributed by atoms with Crippen molar-refractivity contribution in [3.8, 4) is 0 Å². The van der Waals surface area contributed by atoms with Crippen molar-refractivity contribution in [1.29, 1.82) is 0 Å². The van der Waals surface area contributed by atoms with Crippen LogP contribution in [0, 0.1) is 18.2 Å². The Morgan fingerprint density at radius 2 is 1.72 bits per heavy atom. The molecule has 6 rings (SSSR count). The fourth-order valence-corrected chi connectivity index (χ4v) is 9.28. The van der Waals surface area contributed by atoms with Gasteiger partial charge in [-0.3, -0.25) is 9.69 Å². The van der Waals surface area contributed by atoms with Crippen LogP contribution in [0.3, 0.4) is 0 Å². The number of aromatic nitrogens is 2. The van der Waals surface area contributed by atoms with Crippen LogP contribution < -0.4 is 4.72 Å². The van der Waals surface area contributed by atoms with Crippen LogP contribution in [-0.2, 0) is 20.2 Å². The van der Waals surface area contributed by atoms with E-state index in [1.54, 1.807) is 39.8 Å². The van der Waals surface area contributed by atoms with Crippen LogP contribution in [-0.4, -0.2) is 77.2 Å². The maximum Gasteiger partial charge on any atom is 0.229 e. The van der Waals surface area contributed by atoms with Gasteiger partial charge in [0, 0.05) is 37.8 Å². The molecule has 1 N–H and O–H groups in total. The third-order valence-corrected chi connectivity index (χ3v) is 13.0. The standard InChI is InChI=1S/C36H50FN5O3S/c1-25(2)46(44,45)38-24-35(4,5)34(43)40-18-15-36(16-19-40,27-9-8-10-28(37)21-27)17-20-41-29-13-14-30(41)23-31(22-29)42-26(3)39-32-11-6-7-12-33(32)42/h6-12,21,25,29-31,38H,13-20,22-24H2,1-5H3/t29-,30+,31+. The summed E-state index contributed by atoms with van der Waals surface area (Å²) >= 11 is 0. The Balaban J connectivity index is 1.15. The third-order valence-electron chi connectivity index (χ3n) is 11.2. The highest BCUT2D eigenvalue weighted by Crippen LogP contribution is 2.45. The molecule has 250 valence electrons. The summed E-state index contributed by atoms with van der Waals surface area (Å²) in [7, 11) is -3.47. The van der Waals surface area contributed by atoms with Gasteiger partial charge in [0.05, 0.1) is 21.7 Å². The maximum atomic E-state index is 14.6. The minimum absolute atomic E-state index is 0.0470. The molecule has 10 heteroatoms. The number of para-hydroxylation sites is 2. The van der Waals surface area contributed by atoms with E-state index >= 15 is 0 Å². The fraction of sp³-hybridized carbons (Fsp3) is 0.611. The minimum atomic E-state index is -3.47. The lowest BCUT2D eigenvalue weighted by Gasteiger charge is -2.46. The second kappa shape index (κ2) is 12.7. The monoisotopic (exact) mass is 651 g/mol. The van der Waals surface area contributed by atoms with Gasteiger partial charge in [0.2, 0.25) is 15.9 Å². The Kier molecular flexibility index (Phi) is 9.10. The number of hydrogen-bond acceptors (Lipinski definition) is 5. The SMILES string of the molecule is Cc1nc2ccccc2n1[C@H]1C[C@H]2CC[C@@H](C1)N2CCC1(c2cccc(F)c2)CCN(C(=O)C(C)(C)CNS(=O)(=O)C(C)C)CC1. The zero-order chi connectivity index (χ0) is 32.9. The van der Waals surface area contributed by atoms with Crippen molar-refractivity contribution in [2.75, 3.05) is 26.2 Å². The Bertz CT molecular complexity index is 1660. The van der Waals surface area contributed by atoms with E-state index in [4.69, 9.17) is 4.98 Å². The number of imidazole rings is 1. The van der Waals surface area contributed by atoms with Crippen molar-refractivity contribution < 1.29 is 17.6 Å². The molecular weight excluding hydrogens is 601 g/mol. The summed E-state index contributed by atoms with van der Waals surface area (Å²) < 4.78 is 44.4. The Morgan fingerprint density at radius 3 is 2.37 bits per heavy atom. The molecule has 1 amide bonds. The molecule has 3 saturated heterocycles. The molecule has 1 aromatic heterocycles. The molecule has 0 spiro atoms. The quantitative estimate of drug-likeness (QED) is 0.293. The largest absolute Gasteiger partial charge is 0.342 e. The summed E-state index contributed by atoms with van der Waals surface area (Å²) in [6.07, 6.45) is 7.06. The molecule has 4 heterocycles. The molecular formula is C36H50FN5O3S. The molecule has 3 aliphatic rings. The minimum Gasteiger partial charge on any atom is -0.342 e. The van der Waals surface area contributed by atoms with Gasteiger partial charge in [0.1, 0.15) is 11.6 Å². The highest BCUT2D eigenvalue weighted by Gasteiger charge is 2.45. The summed E-state index contributed by atoms with van der Waals surface area (Å²) in [5.41, 5.74) is 2.21. The van der Waals surface area contributed by atoms with Gasteiger partial charge in [0.15, 0.2) is 0 Å². The molecule has 8 nitrogen and oxygen atoms in total. The molecule has 3 fully saturated rings. The van der Waals surface area contributed by atoms with Crippen molar-refractivity contribution in [3.63, 3.8) is 0 Å². The van der Waals surface area contributed by atoms with Gasteiger partial charge in [-0.2, -0.15) is 0 Å². The zero-order valence-electron chi connectivity index (χ0n) is 28.0. The number of amides is 1. The molecule has 2 aromatic carbocycles. The third kappa shape index (κ3) is 6.37. The molecule has 3 atom stereocenters. The van der Waals surface area contributed by atoms with Gasteiger partial charge in [-0.15, -0.1) is 0 Å². The van der Waals surface area contributed by atoms with Gasteiger partial charge in [-0.1, -0.05) is 24.3 Å². The number of halogens is 1. The number of carbonyl (C=O) groups is 1. The second-order valence-corrected chi connectivity index (χ2v) is 17.2. The highest BCUT2D eigenvalue weighted by atomic mass is 32.2. The fourth-order valence-electron chi connectivity index (χ4n) is 8.38. The van der Waals surface area contributed by atoms with Crippen LogP contribution in [0.4, 0.5) is 4.39 Å². The number of hydrogen-bond donors (Lipinski definition) is 1. The molecule has 2 bridgehead atoms. The zero-order valence-corrected chi connectivity index (χ0v) is 28.8. The first-order valence-corrected chi connectivity index (χ1v) is 18.6. The number of likely N-dealkylation sites (tertiary alicyclic amines) is 1. The van der Waals surface area contributed by atoms with Crippen LogP contribution in [0.15, 0.2) is 48.5 Å². The normalized spacial score (nSPS) is 23.8. The number of fused-ring (bicyclic) bond motifs is 3. The summed E-state index contributed by atoms with van der Waals surface area (Å²) in [4.78, 5) is 23.1. The molecule has 0 radical (unpaired) electrons. The predicted octanol–water partition coefficient (Wildman–Crippen LogP) is 5.96. The number of nitrogens with zero attached hydrogens (tertiary/aromatic N) is 4. The Labute approximate surface area is 273 Å². The van der Waals surface area contributed by atoms with Crippen LogP contribution in [0.5, 0.6) is 0 Å². The highest BCUT2D eigenvalue weighted by molar-refractivity contribution is 7.90. The molecule has 3 aromatic rings. The average Bonchev–Trinajstić information content (AvgIpc) is 3.49. The van der Waals surface area contributed by atoms with Gasteiger partial charge >= 0.3 is 0 Å². The first-order valence-electron chi connectivity index (χ1n) is 17.0. The number of carbonyl (C=O) groups excluding carboxylic acids is 1. The number of sulfonamides is 1. The van der Waals surface area contributed by atoms with Crippen LogP contribution in [0.1, 0.15) is 90.1 Å². The molecule has 0 unspecified atom stereocenters. The van der Waals surface area contributed by atoms with Crippen LogP contribution >= 0.6 is 0 Å². The maximum absolute atomic E-state index is 14.6. The van der Waals surface area contributed by atoms with E-state index in [1.807, 2.05) is 4.90 Å². The summed E-state index contributed by atoms with van der Waals surface area (Å²) in [6.45, 7) is 11.1. The predicted molar refractivity (Wildman–Crippen MR) is 181 cm³/mol. The number of nitrogens with one attached hydrogen (secondary N) is 1. The lowest BCUT2D eigenvalue weighted by molar-refractivity contribution is -0.141. The topological polar surface area (TPSA) is 87.5 Å². The first-order chi connectivity index (χ1) is 21.8. The van der Waals surface area contributed by atoms with Crippen LogP contribution in [0.25, 0.3) is 11.0 Å². The average molecular weight is 652 g/mol. The van der Waals surface area contributed by atoms with Crippen molar-refractivity contribution in [2.45, 2.75) is 108 Å². The number of piperidine rings is 2. The van der Waals surface area contributed by atoms with E-state index in [9.17, 15) is 17.6 Å². The smallest absolute Gasteiger partial charge is 0.229 e. The van der Waals surface area contributed by atoms with Gasteiger partial charge in [-0.05, 0) is 121 Å². The molecule has 0 aliphatic carbocycles. The van der Waals surface area contributed by atoms with E-state index in [-0.39, 0.29) is 23.7 Å². The van der Waals surface area contributed by atoms with Gasteiger partial charge < -0.3 is 9.47 Å². The number of aryl methyl sites for hydroxylation is 1. The van der Waals surface area contributed by atoms with Crippen molar-refractivity contribution >= 4 is 27.0 Å². The summed E-state index contributed by atoms with van der Waals surface area (Å²) in [5.74, 6) is 0.818. The Hall–Kier alpha value is -2.82. The van der Waals surface area contributed by atoms with Gasteiger partial charge in [-0.25, -0.2) is 22.5 Å². The van der Waals surface area contributed by atoms with E-state index in [0.717, 1.165) is 55.6 Å². The van der Waals surface area contributed by atoms with Crippen molar-refractivity contribution in [3.05, 3.63) is 65.7 Å².